The van der Waals surface area contributed by atoms with Crippen molar-refractivity contribution in [2.75, 3.05) is 6.54 Å². The van der Waals surface area contributed by atoms with Crippen LogP contribution in [0.2, 0.25) is 0 Å². The number of carbonyl (C=O) groups is 1. The van der Waals surface area contributed by atoms with Crippen LogP contribution in [-0.4, -0.2) is 18.5 Å². The standard InChI is InChI=1S/C19H21FN2O2/c1-13-10-14(11-22-17-8-9-21-19(17)23)6-7-18(13)24-12-15-4-2-3-5-16(15)20/h2-7,10,17,22H,8-9,11-12H2,1H3,(H,21,23). The lowest BCUT2D eigenvalue weighted by molar-refractivity contribution is -0.120. The van der Waals surface area contributed by atoms with E-state index in [4.69, 9.17) is 4.74 Å². The van der Waals surface area contributed by atoms with Crippen molar-refractivity contribution in [3.05, 3.63) is 65.0 Å². The number of aryl methyl sites for hydroxylation is 1. The number of benzene rings is 2. The Morgan fingerprint density at radius 1 is 1.29 bits per heavy atom. The second kappa shape index (κ2) is 7.45. The van der Waals surface area contributed by atoms with Crippen LogP contribution in [0.5, 0.6) is 5.75 Å². The second-order valence-corrected chi connectivity index (χ2v) is 5.99. The van der Waals surface area contributed by atoms with Gasteiger partial charge >= 0.3 is 0 Å². The summed E-state index contributed by atoms with van der Waals surface area (Å²) >= 11 is 0. The summed E-state index contributed by atoms with van der Waals surface area (Å²) in [6.45, 7) is 3.53. The predicted octanol–water partition coefficient (Wildman–Crippen LogP) is 2.69. The topological polar surface area (TPSA) is 50.4 Å². The highest BCUT2D eigenvalue weighted by atomic mass is 19.1. The van der Waals surface area contributed by atoms with Gasteiger partial charge in [-0.2, -0.15) is 0 Å². The Labute approximate surface area is 141 Å². The molecule has 1 atom stereocenters. The van der Waals surface area contributed by atoms with Gasteiger partial charge in [0.2, 0.25) is 5.91 Å². The van der Waals surface area contributed by atoms with Crippen LogP contribution < -0.4 is 15.4 Å². The van der Waals surface area contributed by atoms with E-state index in [-0.39, 0.29) is 24.4 Å². The first-order valence-electron chi connectivity index (χ1n) is 8.10. The van der Waals surface area contributed by atoms with Crippen molar-refractivity contribution in [2.45, 2.75) is 32.5 Å². The fourth-order valence-electron chi connectivity index (χ4n) is 2.78. The highest BCUT2D eigenvalue weighted by Crippen LogP contribution is 2.21. The van der Waals surface area contributed by atoms with Gasteiger partial charge in [0.1, 0.15) is 18.2 Å². The van der Waals surface area contributed by atoms with E-state index < -0.39 is 0 Å². The van der Waals surface area contributed by atoms with E-state index in [1.165, 1.54) is 6.07 Å². The molecule has 1 saturated heterocycles. The van der Waals surface area contributed by atoms with E-state index in [2.05, 4.69) is 10.6 Å². The number of amides is 1. The Balaban J connectivity index is 1.58. The number of nitrogens with one attached hydrogen (secondary N) is 2. The van der Waals surface area contributed by atoms with Crippen molar-refractivity contribution >= 4 is 5.91 Å². The number of rotatable bonds is 6. The van der Waals surface area contributed by atoms with Gasteiger partial charge in [-0.25, -0.2) is 4.39 Å². The summed E-state index contributed by atoms with van der Waals surface area (Å²) < 4.78 is 19.3. The third-order valence-electron chi connectivity index (χ3n) is 4.18. The van der Waals surface area contributed by atoms with E-state index in [0.29, 0.717) is 12.1 Å². The van der Waals surface area contributed by atoms with Gasteiger partial charge in [-0.15, -0.1) is 0 Å². The Morgan fingerprint density at radius 2 is 2.12 bits per heavy atom. The molecule has 5 heteroatoms. The molecule has 3 rings (SSSR count). The molecule has 0 saturated carbocycles. The van der Waals surface area contributed by atoms with Crippen LogP contribution in [0.4, 0.5) is 4.39 Å². The maximum absolute atomic E-state index is 13.6. The number of hydrogen-bond donors (Lipinski definition) is 2. The van der Waals surface area contributed by atoms with Gasteiger partial charge in [0.05, 0.1) is 6.04 Å². The van der Waals surface area contributed by atoms with Crippen molar-refractivity contribution in [3.8, 4) is 5.75 Å². The minimum atomic E-state index is -0.259. The summed E-state index contributed by atoms with van der Waals surface area (Å²) in [7, 11) is 0. The molecule has 2 aromatic rings. The van der Waals surface area contributed by atoms with Crippen LogP contribution in [0, 0.1) is 12.7 Å². The molecule has 24 heavy (non-hydrogen) atoms. The summed E-state index contributed by atoms with van der Waals surface area (Å²) in [5, 5.41) is 6.07. The fourth-order valence-corrected chi connectivity index (χ4v) is 2.78. The minimum absolute atomic E-state index is 0.0663. The molecule has 0 spiro atoms. The molecule has 0 aromatic heterocycles. The van der Waals surface area contributed by atoms with Crippen LogP contribution >= 0.6 is 0 Å². The average Bonchev–Trinajstić information content (AvgIpc) is 2.98. The third kappa shape index (κ3) is 3.92. The Hall–Kier alpha value is -2.40. The lowest BCUT2D eigenvalue weighted by Crippen LogP contribution is -2.35. The summed E-state index contributed by atoms with van der Waals surface area (Å²) in [6, 6.07) is 12.4. The van der Waals surface area contributed by atoms with E-state index in [1.54, 1.807) is 18.2 Å². The molecule has 0 aliphatic carbocycles. The first-order valence-corrected chi connectivity index (χ1v) is 8.10. The van der Waals surface area contributed by atoms with Crippen LogP contribution in [-0.2, 0) is 17.9 Å². The van der Waals surface area contributed by atoms with E-state index in [1.807, 2.05) is 25.1 Å². The second-order valence-electron chi connectivity index (χ2n) is 5.99. The molecule has 1 amide bonds. The molecule has 126 valence electrons. The van der Waals surface area contributed by atoms with Crippen molar-refractivity contribution in [2.24, 2.45) is 0 Å². The molecule has 1 fully saturated rings. The number of hydrogen-bond acceptors (Lipinski definition) is 3. The first-order chi connectivity index (χ1) is 11.6. The van der Waals surface area contributed by atoms with Crippen molar-refractivity contribution in [1.82, 2.24) is 10.6 Å². The van der Waals surface area contributed by atoms with Gasteiger partial charge in [-0.05, 0) is 36.6 Å². The maximum atomic E-state index is 13.6. The van der Waals surface area contributed by atoms with Gasteiger partial charge in [-0.1, -0.05) is 30.3 Å². The van der Waals surface area contributed by atoms with E-state index >= 15 is 0 Å². The van der Waals surface area contributed by atoms with Crippen LogP contribution in [0.25, 0.3) is 0 Å². The van der Waals surface area contributed by atoms with Crippen molar-refractivity contribution in [3.63, 3.8) is 0 Å². The Kier molecular flexibility index (Phi) is 5.11. The highest BCUT2D eigenvalue weighted by Gasteiger charge is 2.22. The zero-order valence-corrected chi connectivity index (χ0v) is 13.6. The summed E-state index contributed by atoms with van der Waals surface area (Å²) in [6.07, 6.45) is 0.821. The summed E-state index contributed by atoms with van der Waals surface area (Å²) in [4.78, 5) is 11.5. The quantitative estimate of drug-likeness (QED) is 0.857. The zero-order chi connectivity index (χ0) is 16.9. The summed E-state index contributed by atoms with van der Waals surface area (Å²) in [5.74, 6) is 0.544. The third-order valence-corrected chi connectivity index (χ3v) is 4.18. The molecule has 1 aliphatic heterocycles. The monoisotopic (exact) mass is 328 g/mol. The molecule has 1 aliphatic rings. The number of carbonyl (C=O) groups excluding carboxylic acids is 1. The van der Waals surface area contributed by atoms with Crippen LogP contribution in [0.3, 0.4) is 0 Å². The van der Waals surface area contributed by atoms with Gasteiger partial charge in [0, 0.05) is 18.7 Å². The molecule has 2 N–H and O–H groups in total. The van der Waals surface area contributed by atoms with E-state index in [0.717, 1.165) is 29.8 Å². The lowest BCUT2D eigenvalue weighted by atomic mass is 10.1. The maximum Gasteiger partial charge on any atom is 0.237 e. The SMILES string of the molecule is Cc1cc(CNC2CCNC2=O)ccc1OCc1ccccc1F. The number of halogens is 1. The molecule has 0 bridgehead atoms. The van der Waals surface area contributed by atoms with Crippen molar-refractivity contribution in [1.29, 1.82) is 0 Å². The van der Waals surface area contributed by atoms with Crippen LogP contribution in [0.15, 0.2) is 42.5 Å². The molecule has 1 heterocycles. The fraction of sp³-hybridized carbons (Fsp3) is 0.316. The molecular formula is C19H21FN2O2. The Morgan fingerprint density at radius 3 is 2.83 bits per heavy atom. The van der Waals surface area contributed by atoms with Gasteiger partial charge in [0.25, 0.3) is 0 Å². The van der Waals surface area contributed by atoms with Gasteiger partial charge in [0.15, 0.2) is 0 Å². The molecular weight excluding hydrogens is 307 g/mol. The van der Waals surface area contributed by atoms with Gasteiger partial charge in [-0.3, -0.25) is 4.79 Å². The minimum Gasteiger partial charge on any atom is -0.489 e. The summed E-state index contributed by atoms with van der Waals surface area (Å²) in [5.41, 5.74) is 2.61. The first kappa shape index (κ1) is 16.5. The zero-order valence-electron chi connectivity index (χ0n) is 13.6. The van der Waals surface area contributed by atoms with Gasteiger partial charge < -0.3 is 15.4 Å². The lowest BCUT2D eigenvalue weighted by Gasteiger charge is -2.13. The van der Waals surface area contributed by atoms with E-state index in [9.17, 15) is 9.18 Å². The largest absolute Gasteiger partial charge is 0.489 e. The van der Waals surface area contributed by atoms with Crippen LogP contribution in [0.1, 0.15) is 23.1 Å². The predicted molar refractivity (Wildman–Crippen MR) is 90.2 cm³/mol. The molecule has 2 aromatic carbocycles. The van der Waals surface area contributed by atoms with Crippen molar-refractivity contribution < 1.29 is 13.9 Å². The molecule has 1 unspecified atom stereocenters. The average molecular weight is 328 g/mol. The number of ether oxygens (including phenoxy) is 1. The molecule has 0 radical (unpaired) electrons. The normalized spacial score (nSPS) is 16.9. The Bertz CT molecular complexity index is 733. The smallest absolute Gasteiger partial charge is 0.237 e. The highest BCUT2D eigenvalue weighted by molar-refractivity contribution is 5.83. The molecule has 4 nitrogen and oxygen atoms in total.